The number of hydrogen-bond acceptors (Lipinski definition) is 3. The van der Waals surface area contributed by atoms with Gasteiger partial charge >= 0.3 is 0 Å². The molecule has 1 aromatic carbocycles. The second kappa shape index (κ2) is 5.69. The van der Waals surface area contributed by atoms with Crippen molar-refractivity contribution >= 4 is 10.9 Å². The highest BCUT2D eigenvalue weighted by Crippen LogP contribution is 2.24. The minimum Gasteiger partial charge on any atom is -0.358 e. The van der Waals surface area contributed by atoms with Gasteiger partial charge in [-0.05, 0) is 50.7 Å². The molecule has 2 heterocycles. The van der Waals surface area contributed by atoms with Crippen molar-refractivity contribution < 1.29 is 0 Å². The van der Waals surface area contributed by atoms with Crippen molar-refractivity contribution in [2.45, 2.75) is 19.9 Å². The third-order valence-electron chi connectivity index (χ3n) is 3.80. The SMILES string of the molecule is Cc1[nH]c2ccc(Cn3cncn3)cc2c1CCN(C)C. The van der Waals surface area contributed by atoms with Crippen LogP contribution in [0.3, 0.4) is 0 Å². The van der Waals surface area contributed by atoms with Crippen LogP contribution in [0.25, 0.3) is 10.9 Å². The van der Waals surface area contributed by atoms with Gasteiger partial charge in [-0.3, -0.25) is 0 Å². The predicted molar refractivity (Wildman–Crippen MR) is 84.4 cm³/mol. The Morgan fingerprint density at radius 2 is 2.14 bits per heavy atom. The van der Waals surface area contributed by atoms with Gasteiger partial charge < -0.3 is 9.88 Å². The molecule has 0 saturated heterocycles. The molecule has 3 rings (SSSR count). The van der Waals surface area contributed by atoms with Crippen molar-refractivity contribution in [2.24, 2.45) is 0 Å². The third kappa shape index (κ3) is 2.97. The number of hydrogen-bond donors (Lipinski definition) is 1. The van der Waals surface area contributed by atoms with Gasteiger partial charge in [0.15, 0.2) is 0 Å². The van der Waals surface area contributed by atoms with Gasteiger partial charge in [-0.15, -0.1) is 0 Å². The normalized spacial score (nSPS) is 11.6. The van der Waals surface area contributed by atoms with Crippen molar-refractivity contribution in [1.82, 2.24) is 24.6 Å². The standard InChI is InChI=1S/C16H21N5/c1-12-14(6-7-20(2)3)15-8-13(4-5-16(15)19-12)9-21-11-17-10-18-21/h4-5,8,10-11,19H,6-7,9H2,1-3H3. The van der Waals surface area contributed by atoms with Crippen LogP contribution < -0.4 is 0 Å². The fourth-order valence-electron chi connectivity index (χ4n) is 2.69. The maximum absolute atomic E-state index is 4.17. The molecule has 0 saturated carbocycles. The van der Waals surface area contributed by atoms with Crippen molar-refractivity contribution in [3.8, 4) is 0 Å². The molecule has 0 radical (unpaired) electrons. The average molecular weight is 283 g/mol. The number of fused-ring (bicyclic) bond motifs is 1. The van der Waals surface area contributed by atoms with Crippen LogP contribution >= 0.6 is 0 Å². The van der Waals surface area contributed by atoms with Crippen LogP contribution in [0.5, 0.6) is 0 Å². The summed E-state index contributed by atoms with van der Waals surface area (Å²) in [5.74, 6) is 0. The van der Waals surface area contributed by atoms with Crippen molar-refractivity contribution in [3.05, 3.63) is 47.7 Å². The summed E-state index contributed by atoms with van der Waals surface area (Å²) >= 11 is 0. The van der Waals surface area contributed by atoms with Gasteiger partial charge in [0.05, 0.1) is 6.54 Å². The third-order valence-corrected chi connectivity index (χ3v) is 3.80. The molecule has 21 heavy (non-hydrogen) atoms. The van der Waals surface area contributed by atoms with Crippen LogP contribution in [0.2, 0.25) is 0 Å². The van der Waals surface area contributed by atoms with Gasteiger partial charge in [0.1, 0.15) is 12.7 Å². The average Bonchev–Trinajstić information content (AvgIpc) is 3.04. The number of benzene rings is 1. The van der Waals surface area contributed by atoms with Crippen LogP contribution in [0.1, 0.15) is 16.8 Å². The van der Waals surface area contributed by atoms with Gasteiger partial charge in [0.25, 0.3) is 0 Å². The number of nitrogens with one attached hydrogen (secondary N) is 1. The van der Waals surface area contributed by atoms with Crippen molar-refractivity contribution in [3.63, 3.8) is 0 Å². The lowest BCUT2D eigenvalue weighted by Gasteiger charge is -2.09. The molecule has 0 amide bonds. The topological polar surface area (TPSA) is 49.7 Å². The van der Waals surface area contributed by atoms with Crippen LogP contribution in [-0.2, 0) is 13.0 Å². The molecule has 0 atom stereocenters. The summed E-state index contributed by atoms with van der Waals surface area (Å²) in [5.41, 5.74) is 5.14. The summed E-state index contributed by atoms with van der Waals surface area (Å²) in [5, 5.41) is 5.50. The van der Waals surface area contributed by atoms with Gasteiger partial charge in [-0.25, -0.2) is 9.67 Å². The highest BCUT2D eigenvalue weighted by Gasteiger charge is 2.09. The minimum atomic E-state index is 0.757. The summed E-state index contributed by atoms with van der Waals surface area (Å²) in [7, 11) is 4.22. The van der Waals surface area contributed by atoms with Gasteiger partial charge in [-0.2, -0.15) is 5.10 Å². The summed E-state index contributed by atoms with van der Waals surface area (Å²) < 4.78 is 1.85. The van der Waals surface area contributed by atoms with Gasteiger partial charge in [0.2, 0.25) is 0 Å². The molecular weight excluding hydrogens is 262 g/mol. The zero-order valence-electron chi connectivity index (χ0n) is 12.8. The quantitative estimate of drug-likeness (QED) is 0.781. The summed E-state index contributed by atoms with van der Waals surface area (Å²) in [4.78, 5) is 9.69. The molecule has 0 aliphatic heterocycles. The zero-order chi connectivity index (χ0) is 14.8. The van der Waals surface area contributed by atoms with E-state index in [1.165, 1.54) is 27.7 Å². The molecule has 2 aromatic heterocycles. The zero-order valence-corrected chi connectivity index (χ0v) is 12.8. The number of H-pyrrole nitrogens is 1. The van der Waals surface area contributed by atoms with E-state index in [1.807, 2.05) is 4.68 Å². The smallest absolute Gasteiger partial charge is 0.137 e. The molecule has 1 N–H and O–H groups in total. The first-order valence-electron chi connectivity index (χ1n) is 7.20. The lowest BCUT2D eigenvalue weighted by Crippen LogP contribution is -2.15. The molecule has 5 nitrogen and oxygen atoms in total. The molecule has 0 fully saturated rings. The molecule has 3 aromatic rings. The number of aromatic nitrogens is 4. The second-order valence-electron chi connectivity index (χ2n) is 5.75. The Balaban J connectivity index is 1.93. The number of rotatable bonds is 5. The summed E-state index contributed by atoms with van der Waals surface area (Å²) in [6, 6.07) is 6.58. The maximum atomic E-state index is 4.17. The Morgan fingerprint density at radius 3 is 2.86 bits per heavy atom. The molecule has 0 aliphatic rings. The van der Waals surface area contributed by atoms with Crippen LogP contribution in [0, 0.1) is 6.92 Å². The molecule has 0 bridgehead atoms. The van der Waals surface area contributed by atoms with E-state index >= 15 is 0 Å². The molecule has 0 aliphatic carbocycles. The van der Waals surface area contributed by atoms with Crippen molar-refractivity contribution in [2.75, 3.05) is 20.6 Å². The highest BCUT2D eigenvalue weighted by molar-refractivity contribution is 5.85. The predicted octanol–water partition coefficient (Wildman–Crippen LogP) is 2.22. The first-order chi connectivity index (χ1) is 10.1. The van der Waals surface area contributed by atoms with E-state index < -0.39 is 0 Å². The molecular formula is C16H21N5. The number of aromatic amines is 1. The van der Waals surface area contributed by atoms with E-state index in [2.05, 4.69) is 59.2 Å². The van der Waals surface area contributed by atoms with Crippen LogP contribution in [-0.4, -0.2) is 45.3 Å². The monoisotopic (exact) mass is 283 g/mol. The van der Waals surface area contributed by atoms with E-state index in [9.17, 15) is 0 Å². The minimum absolute atomic E-state index is 0.757. The second-order valence-corrected chi connectivity index (χ2v) is 5.75. The number of likely N-dealkylation sites (N-methyl/N-ethyl adjacent to an activating group) is 1. The Bertz CT molecular complexity index is 725. The Hall–Kier alpha value is -2.14. The van der Waals surface area contributed by atoms with E-state index in [0.717, 1.165) is 19.5 Å². The van der Waals surface area contributed by atoms with E-state index in [0.29, 0.717) is 0 Å². The van der Waals surface area contributed by atoms with E-state index in [4.69, 9.17) is 0 Å². The first kappa shape index (κ1) is 13.8. The maximum Gasteiger partial charge on any atom is 0.137 e. The molecule has 0 spiro atoms. The fourth-order valence-corrected chi connectivity index (χ4v) is 2.69. The van der Waals surface area contributed by atoms with Crippen LogP contribution in [0.4, 0.5) is 0 Å². The van der Waals surface area contributed by atoms with Crippen LogP contribution in [0.15, 0.2) is 30.9 Å². The lowest BCUT2D eigenvalue weighted by atomic mass is 10.1. The Morgan fingerprint density at radius 1 is 1.29 bits per heavy atom. The van der Waals surface area contributed by atoms with E-state index in [1.54, 1.807) is 12.7 Å². The largest absolute Gasteiger partial charge is 0.358 e. The summed E-state index contributed by atoms with van der Waals surface area (Å²) in [6.07, 6.45) is 4.38. The van der Waals surface area contributed by atoms with Crippen molar-refractivity contribution in [1.29, 1.82) is 0 Å². The summed E-state index contributed by atoms with van der Waals surface area (Å²) in [6.45, 7) is 3.97. The van der Waals surface area contributed by atoms with E-state index in [-0.39, 0.29) is 0 Å². The first-order valence-corrected chi connectivity index (χ1v) is 7.20. The Kier molecular flexibility index (Phi) is 3.75. The molecule has 0 unspecified atom stereocenters. The van der Waals surface area contributed by atoms with Gasteiger partial charge in [0, 0.05) is 23.1 Å². The Labute approximate surface area is 124 Å². The van der Waals surface area contributed by atoms with Gasteiger partial charge in [-0.1, -0.05) is 6.07 Å². The molecule has 110 valence electrons. The fraction of sp³-hybridized carbons (Fsp3) is 0.375. The lowest BCUT2D eigenvalue weighted by molar-refractivity contribution is 0.414. The number of aryl methyl sites for hydroxylation is 1. The highest BCUT2D eigenvalue weighted by atomic mass is 15.3. The molecule has 5 heteroatoms. The number of nitrogens with zero attached hydrogens (tertiary/aromatic N) is 4.